The summed E-state index contributed by atoms with van der Waals surface area (Å²) in [7, 11) is 0. The second kappa shape index (κ2) is 8.61. The van der Waals surface area contributed by atoms with E-state index in [1.165, 1.54) is 35.6 Å². The molecule has 1 amide bonds. The van der Waals surface area contributed by atoms with Crippen LogP contribution in [0, 0.1) is 10.1 Å². The molecule has 1 heterocycles. The lowest BCUT2D eigenvalue weighted by molar-refractivity contribution is -0.384. The summed E-state index contributed by atoms with van der Waals surface area (Å²) in [6, 6.07) is 10.7. The number of amides is 1. The Morgan fingerprint density at radius 3 is 2.75 bits per heavy atom. The first-order valence-electron chi connectivity index (χ1n) is 7.61. The van der Waals surface area contributed by atoms with Crippen LogP contribution >= 0.6 is 46.8 Å². The number of carbonyl (C=O) groups is 1. The Kier molecular flexibility index (Phi) is 6.20. The van der Waals surface area contributed by atoms with Gasteiger partial charge in [-0.3, -0.25) is 20.2 Å². The lowest BCUT2D eigenvalue weighted by atomic mass is 10.1. The van der Waals surface area contributed by atoms with Gasteiger partial charge >= 0.3 is 0 Å². The Bertz CT molecular complexity index is 1090. The van der Waals surface area contributed by atoms with Crippen molar-refractivity contribution in [3.8, 4) is 11.3 Å². The number of carbonyl (C=O) groups excluding carboxylic acids is 1. The molecule has 1 aromatic heterocycles. The van der Waals surface area contributed by atoms with E-state index in [1.807, 2.05) is 0 Å². The maximum Gasteiger partial charge on any atom is 0.270 e. The van der Waals surface area contributed by atoms with Crippen molar-refractivity contribution in [2.24, 2.45) is 0 Å². The number of halogens is 2. The highest BCUT2D eigenvalue weighted by Crippen LogP contribution is 2.27. The van der Waals surface area contributed by atoms with Crippen LogP contribution < -0.4 is 10.6 Å². The smallest absolute Gasteiger partial charge is 0.270 e. The molecule has 0 spiro atoms. The van der Waals surface area contributed by atoms with E-state index in [-0.39, 0.29) is 21.4 Å². The molecule has 28 heavy (non-hydrogen) atoms. The molecule has 0 radical (unpaired) electrons. The summed E-state index contributed by atoms with van der Waals surface area (Å²) < 4.78 is 0. The third-order valence-electron chi connectivity index (χ3n) is 3.48. The Balaban J connectivity index is 1.69. The molecule has 0 bridgehead atoms. The number of nitro groups is 1. The third kappa shape index (κ3) is 4.82. The number of thiocarbonyl (C=S) groups is 1. The summed E-state index contributed by atoms with van der Waals surface area (Å²) in [6.45, 7) is 0. The molecule has 3 aromatic rings. The highest BCUT2D eigenvalue weighted by atomic mass is 35.5. The summed E-state index contributed by atoms with van der Waals surface area (Å²) in [6.07, 6.45) is 0. The van der Waals surface area contributed by atoms with Crippen molar-refractivity contribution >= 4 is 68.6 Å². The third-order valence-corrected chi connectivity index (χ3v) is 5.00. The fraction of sp³-hybridized carbons (Fsp3) is 0. The average molecular weight is 453 g/mol. The van der Waals surface area contributed by atoms with Crippen LogP contribution in [0.15, 0.2) is 47.8 Å². The van der Waals surface area contributed by atoms with E-state index in [2.05, 4.69) is 15.6 Å². The van der Waals surface area contributed by atoms with E-state index in [0.29, 0.717) is 21.4 Å². The first kappa shape index (κ1) is 20.2. The summed E-state index contributed by atoms with van der Waals surface area (Å²) in [5, 5.41) is 19.0. The van der Waals surface area contributed by atoms with Crippen molar-refractivity contribution < 1.29 is 9.72 Å². The first-order valence-corrected chi connectivity index (χ1v) is 9.65. The van der Waals surface area contributed by atoms with Gasteiger partial charge in [-0.1, -0.05) is 35.3 Å². The van der Waals surface area contributed by atoms with E-state index in [9.17, 15) is 14.9 Å². The van der Waals surface area contributed by atoms with Crippen LogP contribution in [0.3, 0.4) is 0 Å². The fourth-order valence-corrected chi connectivity index (χ4v) is 3.57. The second-order valence-electron chi connectivity index (χ2n) is 5.38. The molecule has 0 saturated carbocycles. The molecule has 0 fully saturated rings. The molecule has 0 saturated heterocycles. The molecule has 2 aromatic carbocycles. The molecule has 2 N–H and O–H groups in total. The minimum atomic E-state index is -0.513. The van der Waals surface area contributed by atoms with Gasteiger partial charge in [-0.15, -0.1) is 11.3 Å². The number of non-ortho nitro benzene ring substituents is 1. The topological polar surface area (TPSA) is 97.2 Å². The van der Waals surface area contributed by atoms with Crippen LogP contribution in [0.1, 0.15) is 10.4 Å². The summed E-state index contributed by atoms with van der Waals surface area (Å²) in [4.78, 5) is 27.0. The molecular weight excluding hydrogens is 443 g/mol. The van der Waals surface area contributed by atoms with E-state index < -0.39 is 10.8 Å². The van der Waals surface area contributed by atoms with Crippen LogP contribution in [-0.4, -0.2) is 20.9 Å². The SMILES string of the molecule is O=C(NC(=S)Nc1nc(-c2cccc([N+](=O)[O-])c2)cs1)c1cc(Cl)ccc1Cl. The number of thiazole rings is 1. The zero-order valence-corrected chi connectivity index (χ0v) is 17.0. The van der Waals surface area contributed by atoms with Crippen molar-refractivity contribution in [2.75, 3.05) is 5.32 Å². The van der Waals surface area contributed by atoms with Gasteiger partial charge in [0.1, 0.15) is 0 Å². The maximum atomic E-state index is 12.3. The first-order chi connectivity index (χ1) is 13.3. The van der Waals surface area contributed by atoms with Crippen molar-refractivity contribution in [3.63, 3.8) is 0 Å². The van der Waals surface area contributed by atoms with Crippen molar-refractivity contribution in [1.29, 1.82) is 0 Å². The van der Waals surface area contributed by atoms with Gasteiger partial charge in [0.2, 0.25) is 0 Å². The van der Waals surface area contributed by atoms with Gasteiger partial charge in [0.25, 0.3) is 11.6 Å². The summed E-state index contributed by atoms with van der Waals surface area (Å²) in [5.41, 5.74) is 1.30. The second-order valence-corrected chi connectivity index (χ2v) is 7.49. The lowest BCUT2D eigenvalue weighted by Crippen LogP contribution is -2.34. The average Bonchev–Trinajstić information content (AvgIpc) is 3.12. The van der Waals surface area contributed by atoms with Gasteiger partial charge in [0, 0.05) is 28.1 Å². The molecule has 0 aliphatic heterocycles. The van der Waals surface area contributed by atoms with Crippen LogP contribution in [0.5, 0.6) is 0 Å². The molecule has 0 atom stereocenters. The quantitative estimate of drug-likeness (QED) is 0.322. The lowest BCUT2D eigenvalue weighted by Gasteiger charge is -2.08. The largest absolute Gasteiger partial charge is 0.308 e. The number of nitrogens with one attached hydrogen (secondary N) is 2. The Morgan fingerprint density at radius 1 is 1.21 bits per heavy atom. The van der Waals surface area contributed by atoms with Gasteiger partial charge in [-0.2, -0.15) is 0 Å². The van der Waals surface area contributed by atoms with Crippen LogP contribution in [-0.2, 0) is 0 Å². The monoisotopic (exact) mass is 452 g/mol. The molecule has 0 unspecified atom stereocenters. The van der Waals surface area contributed by atoms with Gasteiger partial charge in [0.15, 0.2) is 10.2 Å². The molecule has 7 nitrogen and oxygen atoms in total. The minimum Gasteiger partial charge on any atom is -0.308 e. The normalized spacial score (nSPS) is 10.4. The standard InChI is InChI=1S/C17H10Cl2N4O3S2/c18-10-4-5-13(19)12(7-10)15(24)21-16(27)22-17-20-14(8-28-17)9-2-1-3-11(6-9)23(25)26/h1-8H,(H2,20,21,22,24,27). The Morgan fingerprint density at radius 2 is 2.00 bits per heavy atom. The van der Waals surface area contributed by atoms with E-state index in [4.69, 9.17) is 35.4 Å². The molecule has 11 heteroatoms. The predicted octanol–water partition coefficient (Wildman–Crippen LogP) is 5.15. The number of hydrogen-bond donors (Lipinski definition) is 2. The highest BCUT2D eigenvalue weighted by molar-refractivity contribution is 7.80. The molecule has 142 valence electrons. The van der Waals surface area contributed by atoms with E-state index >= 15 is 0 Å². The Hall–Kier alpha value is -2.59. The minimum absolute atomic E-state index is 0.0267. The van der Waals surface area contributed by atoms with Gasteiger partial charge in [-0.05, 0) is 30.4 Å². The van der Waals surface area contributed by atoms with Crippen molar-refractivity contribution in [2.45, 2.75) is 0 Å². The number of rotatable bonds is 4. The summed E-state index contributed by atoms with van der Waals surface area (Å²) in [5.74, 6) is -0.513. The van der Waals surface area contributed by atoms with Crippen LogP contribution in [0.4, 0.5) is 10.8 Å². The predicted molar refractivity (Wildman–Crippen MR) is 114 cm³/mol. The van der Waals surface area contributed by atoms with Gasteiger partial charge in [0.05, 0.1) is 21.2 Å². The number of aromatic nitrogens is 1. The summed E-state index contributed by atoms with van der Waals surface area (Å²) >= 11 is 18.2. The molecular formula is C17H10Cl2N4O3S2. The zero-order valence-electron chi connectivity index (χ0n) is 13.8. The molecule has 0 aliphatic rings. The number of benzene rings is 2. The van der Waals surface area contributed by atoms with E-state index in [0.717, 1.165) is 0 Å². The number of anilines is 1. The number of hydrogen-bond acceptors (Lipinski definition) is 6. The van der Waals surface area contributed by atoms with Crippen LogP contribution in [0.2, 0.25) is 10.0 Å². The van der Waals surface area contributed by atoms with Crippen LogP contribution in [0.25, 0.3) is 11.3 Å². The van der Waals surface area contributed by atoms with Gasteiger partial charge in [-0.25, -0.2) is 4.98 Å². The Labute approximate surface area is 178 Å². The molecule has 0 aliphatic carbocycles. The maximum absolute atomic E-state index is 12.3. The zero-order chi connectivity index (χ0) is 20.3. The van der Waals surface area contributed by atoms with Gasteiger partial charge < -0.3 is 5.32 Å². The van der Waals surface area contributed by atoms with E-state index in [1.54, 1.807) is 23.6 Å². The van der Waals surface area contributed by atoms with Crippen molar-refractivity contribution in [3.05, 3.63) is 73.6 Å². The number of nitro benzene ring substituents is 1. The van der Waals surface area contributed by atoms with Crippen molar-refractivity contribution in [1.82, 2.24) is 10.3 Å². The fourth-order valence-electron chi connectivity index (χ4n) is 2.21. The highest BCUT2D eigenvalue weighted by Gasteiger charge is 2.14. The number of nitrogens with zero attached hydrogens (tertiary/aromatic N) is 2. The molecule has 3 rings (SSSR count).